The van der Waals surface area contributed by atoms with Crippen molar-refractivity contribution in [2.45, 2.75) is 0 Å². The van der Waals surface area contributed by atoms with Crippen LogP contribution in [0.25, 0.3) is 33.8 Å². The van der Waals surface area contributed by atoms with Crippen molar-refractivity contribution in [3.05, 3.63) is 55.0 Å². The van der Waals surface area contributed by atoms with E-state index < -0.39 is 0 Å². The zero-order valence-electron chi connectivity index (χ0n) is 15.6. The van der Waals surface area contributed by atoms with E-state index >= 15 is 0 Å². The van der Waals surface area contributed by atoms with Crippen LogP contribution in [0.15, 0.2) is 55.0 Å². The van der Waals surface area contributed by atoms with E-state index in [1.807, 2.05) is 30.3 Å². The van der Waals surface area contributed by atoms with Crippen LogP contribution in [0.4, 0.5) is 0 Å². The fourth-order valence-corrected chi connectivity index (χ4v) is 3.22. The number of benzene rings is 2. The molecule has 0 spiro atoms. The molecule has 0 aliphatic heterocycles. The second-order valence-corrected chi connectivity index (χ2v) is 6.31. The summed E-state index contributed by atoms with van der Waals surface area (Å²) in [6, 6.07) is 13.1. The first-order valence-electron chi connectivity index (χ1n) is 8.79. The molecule has 0 saturated carbocycles. The summed E-state index contributed by atoms with van der Waals surface area (Å²) in [5.41, 5.74) is 2.86. The van der Waals surface area contributed by atoms with E-state index in [9.17, 15) is 5.11 Å². The van der Waals surface area contributed by atoms with Gasteiger partial charge in [0.15, 0.2) is 28.6 Å². The maximum absolute atomic E-state index is 10.1. The van der Waals surface area contributed by atoms with Crippen molar-refractivity contribution in [3.63, 3.8) is 0 Å². The van der Waals surface area contributed by atoms with Crippen LogP contribution in [0.5, 0.6) is 17.2 Å². The van der Waals surface area contributed by atoms with Crippen LogP contribution in [-0.4, -0.2) is 48.7 Å². The number of rotatable bonds is 4. The van der Waals surface area contributed by atoms with E-state index in [2.05, 4.69) is 20.2 Å². The predicted octanol–water partition coefficient (Wildman–Crippen LogP) is 2.85. The monoisotopic (exact) mass is 388 g/mol. The summed E-state index contributed by atoms with van der Waals surface area (Å²) in [5, 5.41) is 19.9. The van der Waals surface area contributed by atoms with Gasteiger partial charge in [0.25, 0.3) is 0 Å². The number of fused-ring (bicyclic) bond motifs is 3. The molecule has 1 N–H and O–H groups in total. The molecule has 9 heteroatoms. The fourth-order valence-electron chi connectivity index (χ4n) is 3.22. The molecule has 144 valence electrons. The Morgan fingerprint density at radius 2 is 1.69 bits per heavy atom. The first-order chi connectivity index (χ1) is 14.2. The minimum Gasteiger partial charge on any atom is -0.502 e. The van der Waals surface area contributed by atoms with Gasteiger partial charge < -0.3 is 14.6 Å². The van der Waals surface area contributed by atoms with E-state index in [4.69, 9.17) is 9.47 Å². The molecule has 0 atom stereocenters. The number of phenolic OH excluding ortho intramolecular Hbond substituents is 1. The molecule has 0 unspecified atom stereocenters. The molecule has 2 aromatic carbocycles. The van der Waals surface area contributed by atoms with Gasteiger partial charge in [-0.15, -0.1) is 5.10 Å². The van der Waals surface area contributed by atoms with Gasteiger partial charge in [-0.2, -0.15) is 5.10 Å². The number of hydrogen-bond donors (Lipinski definition) is 1. The van der Waals surface area contributed by atoms with Crippen molar-refractivity contribution in [2.24, 2.45) is 0 Å². The zero-order chi connectivity index (χ0) is 20.0. The average molecular weight is 388 g/mol. The van der Waals surface area contributed by atoms with Gasteiger partial charge in [-0.05, 0) is 24.3 Å². The van der Waals surface area contributed by atoms with Gasteiger partial charge in [-0.3, -0.25) is 0 Å². The molecule has 0 bridgehead atoms. The van der Waals surface area contributed by atoms with Gasteiger partial charge in [0.05, 0.1) is 31.5 Å². The number of methoxy groups -OCH3 is 2. The molecule has 3 aromatic heterocycles. The van der Waals surface area contributed by atoms with E-state index in [0.717, 1.165) is 11.1 Å². The standard InChI is InChI=1S/C20H16N6O3/c1-28-15-8-12(9-16(29-2)17(15)27)18-23-20-14-10-22-26(13-6-4-3-5-7-13)19(14)21-11-25(20)24-18/h3-11,27H,1-2H3. The summed E-state index contributed by atoms with van der Waals surface area (Å²) < 4.78 is 13.8. The molecule has 9 nitrogen and oxygen atoms in total. The van der Waals surface area contributed by atoms with Crippen LogP contribution < -0.4 is 9.47 Å². The highest BCUT2D eigenvalue weighted by Crippen LogP contribution is 2.39. The third-order valence-electron chi connectivity index (χ3n) is 4.64. The summed E-state index contributed by atoms with van der Waals surface area (Å²) in [7, 11) is 2.95. The van der Waals surface area contributed by atoms with Crippen molar-refractivity contribution in [1.82, 2.24) is 29.4 Å². The van der Waals surface area contributed by atoms with Gasteiger partial charge in [0, 0.05) is 5.56 Å². The number of phenols is 1. The molecule has 5 rings (SSSR count). The average Bonchev–Trinajstić information content (AvgIpc) is 3.38. The number of para-hydroxylation sites is 1. The Hall–Kier alpha value is -4.14. The minimum absolute atomic E-state index is 0.0734. The highest BCUT2D eigenvalue weighted by Gasteiger charge is 2.17. The van der Waals surface area contributed by atoms with Gasteiger partial charge in [-0.25, -0.2) is 19.2 Å². The molecular weight excluding hydrogens is 372 g/mol. The van der Waals surface area contributed by atoms with Crippen LogP contribution in [0.3, 0.4) is 0 Å². The number of aromatic nitrogens is 6. The smallest absolute Gasteiger partial charge is 0.200 e. The highest BCUT2D eigenvalue weighted by molar-refractivity contribution is 5.90. The summed E-state index contributed by atoms with van der Waals surface area (Å²) in [6.45, 7) is 0. The van der Waals surface area contributed by atoms with Crippen molar-refractivity contribution in [3.8, 4) is 34.3 Å². The third kappa shape index (κ3) is 2.63. The molecule has 0 radical (unpaired) electrons. The Kier molecular flexibility index (Phi) is 3.80. The van der Waals surface area contributed by atoms with Crippen LogP contribution in [0.1, 0.15) is 0 Å². The molecule has 0 fully saturated rings. The van der Waals surface area contributed by atoms with E-state index in [-0.39, 0.29) is 17.2 Å². The fraction of sp³-hybridized carbons (Fsp3) is 0.100. The van der Waals surface area contributed by atoms with Crippen molar-refractivity contribution in [2.75, 3.05) is 14.2 Å². The van der Waals surface area contributed by atoms with Crippen LogP contribution in [0.2, 0.25) is 0 Å². The Labute approximate surface area is 164 Å². The molecule has 0 saturated heterocycles. The van der Waals surface area contributed by atoms with Gasteiger partial charge in [0.1, 0.15) is 6.33 Å². The maximum Gasteiger partial charge on any atom is 0.200 e. The lowest BCUT2D eigenvalue weighted by Gasteiger charge is -2.09. The zero-order valence-corrected chi connectivity index (χ0v) is 15.6. The SMILES string of the molecule is COc1cc(-c2nc3c4cnn(-c5ccccc5)c4ncn3n2)cc(OC)c1O. The third-order valence-corrected chi connectivity index (χ3v) is 4.64. The Morgan fingerprint density at radius 1 is 0.966 bits per heavy atom. The summed E-state index contributed by atoms with van der Waals surface area (Å²) in [4.78, 5) is 9.17. The van der Waals surface area contributed by atoms with Crippen molar-refractivity contribution in [1.29, 1.82) is 0 Å². The van der Waals surface area contributed by atoms with E-state index in [1.165, 1.54) is 14.2 Å². The molecular formula is C20H16N6O3. The molecule has 5 aromatic rings. The maximum atomic E-state index is 10.1. The highest BCUT2D eigenvalue weighted by atomic mass is 16.5. The Bertz CT molecular complexity index is 1320. The number of aromatic hydroxyl groups is 1. The van der Waals surface area contributed by atoms with Crippen molar-refractivity contribution >= 4 is 16.7 Å². The second kappa shape index (κ2) is 6.48. The van der Waals surface area contributed by atoms with Crippen LogP contribution in [-0.2, 0) is 0 Å². The molecule has 3 heterocycles. The van der Waals surface area contributed by atoms with E-state index in [0.29, 0.717) is 22.7 Å². The molecule has 29 heavy (non-hydrogen) atoms. The molecule has 0 aliphatic carbocycles. The minimum atomic E-state index is -0.0734. The van der Waals surface area contributed by atoms with Gasteiger partial charge in [0.2, 0.25) is 5.75 Å². The summed E-state index contributed by atoms with van der Waals surface area (Å²) >= 11 is 0. The van der Waals surface area contributed by atoms with Gasteiger partial charge in [-0.1, -0.05) is 18.2 Å². The number of nitrogens with zero attached hydrogens (tertiary/aromatic N) is 6. The summed E-state index contributed by atoms with van der Waals surface area (Å²) in [6.07, 6.45) is 3.32. The lowest BCUT2D eigenvalue weighted by molar-refractivity contribution is 0.340. The Morgan fingerprint density at radius 3 is 2.38 bits per heavy atom. The number of hydrogen-bond acceptors (Lipinski definition) is 7. The normalized spacial score (nSPS) is 11.2. The lowest BCUT2D eigenvalue weighted by Crippen LogP contribution is -1.98. The Balaban J connectivity index is 1.69. The lowest BCUT2D eigenvalue weighted by atomic mass is 10.1. The van der Waals surface area contributed by atoms with Gasteiger partial charge >= 0.3 is 0 Å². The van der Waals surface area contributed by atoms with Crippen molar-refractivity contribution < 1.29 is 14.6 Å². The first-order valence-corrected chi connectivity index (χ1v) is 8.79. The quantitative estimate of drug-likeness (QED) is 0.505. The largest absolute Gasteiger partial charge is 0.502 e. The molecule has 0 amide bonds. The molecule has 0 aliphatic rings. The topological polar surface area (TPSA) is 99.6 Å². The van der Waals surface area contributed by atoms with Crippen LogP contribution >= 0.6 is 0 Å². The predicted molar refractivity (Wildman–Crippen MR) is 106 cm³/mol. The number of ether oxygens (including phenoxy) is 2. The van der Waals surface area contributed by atoms with Crippen LogP contribution in [0, 0.1) is 0 Å². The first kappa shape index (κ1) is 17.0. The van der Waals surface area contributed by atoms with E-state index in [1.54, 1.807) is 33.9 Å². The second-order valence-electron chi connectivity index (χ2n) is 6.31. The summed E-state index contributed by atoms with van der Waals surface area (Å²) in [5.74, 6) is 0.927.